The van der Waals surface area contributed by atoms with Crippen LogP contribution in [0.25, 0.3) is 0 Å². The molecule has 1 aromatic heterocycles. The Labute approximate surface area is 140 Å². The Morgan fingerprint density at radius 2 is 1.75 bits per heavy atom. The number of sulfone groups is 1. The van der Waals surface area contributed by atoms with Crippen molar-refractivity contribution in [1.29, 1.82) is 0 Å². The first kappa shape index (κ1) is 16.4. The summed E-state index contributed by atoms with van der Waals surface area (Å²) in [6, 6.07) is 15.5. The zero-order chi connectivity index (χ0) is 17.2. The van der Waals surface area contributed by atoms with Crippen LogP contribution in [0.4, 0.5) is 0 Å². The van der Waals surface area contributed by atoms with Gasteiger partial charge < -0.3 is 9.52 Å². The third kappa shape index (κ3) is 3.25. The summed E-state index contributed by atoms with van der Waals surface area (Å²) in [5.74, 6) is 0.145. The second-order valence-electron chi connectivity index (χ2n) is 5.53. The maximum atomic E-state index is 12.7. The highest BCUT2D eigenvalue weighted by atomic mass is 32.2. The van der Waals surface area contributed by atoms with Crippen LogP contribution in [-0.2, 0) is 16.3 Å². The first-order chi connectivity index (χ1) is 11.5. The Morgan fingerprint density at radius 3 is 2.42 bits per heavy atom. The quantitative estimate of drug-likeness (QED) is 0.770. The minimum absolute atomic E-state index is 0.0322. The van der Waals surface area contributed by atoms with E-state index >= 15 is 0 Å². The Hall–Kier alpha value is -2.44. The van der Waals surface area contributed by atoms with Crippen LogP contribution in [0.5, 0.6) is 0 Å². The molecule has 24 heavy (non-hydrogen) atoms. The van der Waals surface area contributed by atoms with Crippen LogP contribution in [0.15, 0.2) is 75.3 Å². The van der Waals surface area contributed by atoms with Gasteiger partial charge in [0.25, 0.3) is 0 Å². The molecule has 0 saturated heterocycles. The number of rotatable bonds is 5. The molecule has 0 aliphatic heterocycles. The second kappa shape index (κ2) is 6.59. The van der Waals surface area contributed by atoms with E-state index in [9.17, 15) is 13.5 Å². The molecule has 3 rings (SSSR count). The number of aliphatic hydroxyl groups is 1. The fraction of sp³-hybridized carbons (Fsp3) is 0.167. The molecule has 0 radical (unpaired) electrons. The van der Waals surface area contributed by atoms with Crippen molar-refractivity contribution in [3.8, 4) is 0 Å². The predicted molar refractivity (Wildman–Crippen MR) is 88.2 cm³/mol. The largest absolute Gasteiger partial charge is 0.447 e. The standard InChI is InChI=1S/C18H17NO4S/c1-13-7-9-15(10-8-13)24(21,22)18-17(23-12-19-18)11-16(20)14-5-3-2-4-6-14/h2-10,12,16,20H,11H2,1H3. The number of aromatic nitrogens is 1. The molecule has 0 saturated carbocycles. The van der Waals surface area contributed by atoms with Gasteiger partial charge in [0, 0.05) is 6.42 Å². The van der Waals surface area contributed by atoms with Gasteiger partial charge in [0.2, 0.25) is 14.9 Å². The molecule has 1 heterocycles. The number of hydrogen-bond donors (Lipinski definition) is 1. The molecule has 5 nitrogen and oxygen atoms in total. The zero-order valence-electron chi connectivity index (χ0n) is 13.1. The van der Waals surface area contributed by atoms with Gasteiger partial charge in [-0.1, -0.05) is 48.0 Å². The van der Waals surface area contributed by atoms with Gasteiger partial charge in [0.15, 0.2) is 6.39 Å². The van der Waals surface area contributed by atoms with Gasteiger partial charge in [0.1, 0.15) is 5.76 Å². The molecular formula is C18H17NO4S. The van der Waals surface area contributed by atoms with Gasteiger partial charge in [-0.3, -0.25) is 0 Å². The van der Waals surface area contributed by atoms with Crippen molar-refractivity contribution in [3.63, 3.8) is 0 Å². The van der Waals surface area contributed by atoms with Gasteiger partial charge in [-0.15, -0.1) is 0 Å². The SMILES string of the molecule is Cc1ccc(S(=O)(=O)c2ncoc2CC(O)c2ccccc2)cc1. The number of nitrogens with zero attached hydrogens (tertiary/aromatic N) is 1. The van der Waals surface area contributed by atoms with Crippen LogP contribution >= 0.6 is 0 Å². The first-order valence-corrected chi connectivity index (χ1v) is 8.94. The highest BCUT2D eigenvalue weighted by Gasteiger charge is 2.27. The lowest BCUT2D eigenvalue weighted by Crippen LogP contribution is -2.08. The van der Waals surface area contributed by atoms with Crippen molar-refractivity contribution in [1.82, 2.24) is 4.98 Å². The number of aryl methyl sites for hydroxylation is 1. The van der Waals surface area contributed by atoms with Crippen molar-refractivity contribution >= 4 is 9.84 Å². The van der Waals surface area contributed by atoms with E-state index in [0.717, 1.165) is 12.0 Å². The summed E-state index contributed by atoms with van der Waals surface area (Å²) in [6.45, 7) is 1.88. The average molecular weight is 343 g/mol. The second-order valence-corrected chi connectivity index (χ2v) is 7.39. The molecule has 1 atom stereocenters. The Morgan fingerprint density at radius 1 is 1.08 bits per heavy atom. The summed E-state index contributed by atoms with van der Waals surface area (Å²) in [5.41, 5.74) is 1.65. The number of oxazole rings is 1. The fourth-order valence-corrected chi connectivity index (χ4v) is 3.74. The number of aliphatic hydroxyl groups excluding tert-OH is 1. The molecule has 3 aromatic rings. The van der Waals surface area contributed by atoms with Crippen LogP contribution in [0.1, 0.15) is 23.0 Å². The van der Waals surface area contributed by atoms with Gasteiger partial charge in [-0.2, -0.15) is 0 Å². The first-order valence-electron chi connectivity index (χ1n) is 7.45. The third-order valence-electron chi connectivity index (χ3n) is 3.75. The number of benzene rings is 2. The summed E-state index contributed by atoms with van der Waals surface area (Å²) in [4.78, 5) is 4.02. The van der Waals surface area contributed by atoms with Crippen LogP contribution in [0.2, 0.25) is 0 Å². The maximum absolute atomic E-state index is 12.7. The highest BCUT2D eigenvalue weighted by molar-refractivity contribution is 7.91. The molecule has 6 heteroatoms. The van der Waals surface area contributed by atoms with E-state index in [0.29, 0.717) is 5.56 Å². The topological polar surface area (TPSA) is 80.4 Å². The molecule has 2 aromatic carbocycles. The molecule has 0 amide bonds. The van der Waals surface area contributed by atoms with Crippen LogP contribution in [-0.4, -0.2) is 18.5 Å². The van der Waals surface area contributed by atoms with Crippen LogP contribution in [0.3, 0.4) is 0 Å². The summed E-state index contributed by atoms with van der Waals surface area (Å²) in [7, 11) is -3.79. The van der Waals surface area contributed by atoms with Gasteiger partial charge in [-0.05, 0) is 24.6 Å². The van der Waals surface area contributed by atoms with E-state index in [1.807, 2.05) is 25.1 Å². The molecule has 0 aliphatic rings. The van der Waals surface area contributed by atoms with Crippen LogP contribution < -0.4 is 0 Å². The van der Waals surface area contributed by atoms with Crippen molar-refractivity contribution in [2.75, 3.05) is 0 Å². The summed E-state index contributed by atoms with van der Waals surface area (Å²) < 4.78 is 30.7. The fourth-order valence-electron chi connectivity index (χ4n) is 2.41. The average Bonchev–Trinajstić information content (AvgIpc) is 3.05. The lowest BCUT2D eigenvalue weighted by atomic mass is 10.1. The van der Waals surface area contributed by atoms with Crippen molar-refractivity contribution in [2.45, 2.75) is 29.4 Å². The van der Waals surface area contributed by atoms with E-state index in [1.165, 1.54) is 12.1 Å². The molecular weight excluding hydrogens is 326 g/mol. The van der Waals surface area contributed by atoms with Crippen molar-refractivity contribution < 1.29 is 17.9 Å². The Bertz CT molecular complexity index is 915. The normalized spacial score (nSPS) is 12.9. The summed E-state index contributed by atoms with van der Waals surface area (Å²) in [6.07, 6.45) is 0.254. The predicted octanol–water partition coefficient (Wildman–Crippen LogP) is 3.09. The van der Waals surface area contributed by atoms with Crippen molar-refractivity contribution in [3.05, 3.63) is 77.9 Å². The van der Waals surface area contributed by atoms with Gasteiger partial charge in [0.05, 0.1) is 11.0 Å². The molecule has 0 bridgehead atoms. The van der Waals surface area contributed by atoms with E-state index in [4.69, 9.17) is 4.42 Å². The smallest absolute Gasteiger partial charge is 0.227 e. The number of hydrogen-bond acceptors (Lipinski definition) is 5. The van der Waals surface area contributed by atoms with E-state index in [2.05, 4.69) is 4.98 Å². The van der Waals surface area contributed by atoms with E-state index < -0.39 is 15.9 Å². The highest BCUT2D eigenvalue weighted by Crippen LogP contribution is 2.27. The monoisotopic (exact) mass is 343 g/mol. The molecule has 0 fully saturated rings. The van der Waals surface area contributed by atoms with Crippen molar-refractivity contribution in [2.24, 2.45) is 0 Å². The van der Waals surface area contributed by atoms with E-state index in [1.54, 1.807) is 24.3 Å². The molecule has 0 aliphatic carbocycles. The maximum Gasteiger partial charge on any atom is 0.227 e. The lowest BCUT2D eigenvalue weighted by Gasteiger charge is -2.10. The summed E-state index contributed by atoms with van der Waals surface area (Å²) >= 11 is 0. The molecule has 1 unspecified atom stereocenters. The summed E-state index contributed by atoms with van der Waals surface area (Å²) in [5, 5.41) is 10.2. The Kier molecular flexibility index (Phi) is 4.51. The molecule has 124 valence electrons. The Balaban J connectivity index is 1.91. The van der Waals surface area contributed by atoms with E-state index in [-0.39, 0.29) is 22.1 Å². The zero-order valence-corrected chi connectivity index (χ0v) is 13.9. The van der Waals surface area contributed by atoms with Crippen LogP contribution in [0, 0.1) is 6.92 Å². The van der Waals surface area contributed by atoms with Gasteiger partial charge >= 0.3 is 0 Å². The molecule has 1 N–H and O–H groups in total. The minimum atomic E-state index is -3.79. The molecule has 0 spiro atoms. The third-order valence-corrected chi connectivity index (χ3v) is 5.49. The lowest BCUT2D eigenvalue weighted by molar-refractivity contribution is 0.169. The van der Waals surface area contributed by atoms with Gasteiger partial charge in [-0.25, -0.2) is 13.4 Å². The minimum Gasteiger partial charge on any atom is -0.447 e.